The number of nitrogens with zero attached hydrogens (tertiary/aromatic N) is 2. The van der Waals surface area contributed by atoms with Crippen LogP contribution in [-0.4, -0.2) is 52.6 Å². The van der Waals surface area contributed by atoms with E-state index in [0.29, 0.717) is 27.7 Å². The van der Waals surface area contributed by atoms with Gasteiger partial charge in [0.1, 0.15) is 6.04 Å². The second-order valence-electron chi connectivity index (χ2n) is 8.15. The van der Waals surface area contributed by atoms with Gasteiger partial charge in [0.25, 0.3) is 11.8 Å². The summed E-state index contributed by atoms with van der Waals surface area (Å²) in [7, 11) is 0. The fraction of sp³-hybridized carbons (Fsp3) is 0.360. The maximum Gasteiger partial charge on any atom is 0.261 e. The largest absolute Gasteiger partial charge is 0.354 e. The van der Waals surface area contributed by atoms with Crippen LogP contribution in [0.15, 0.2) is 42.5 Å². The number of amides is 4. The highest BCUT2D eigenvalue weighted by Gasteiger charge is 2.35. The zero-order chi connectivity index (χ0) is 24.8. The molecule has 3 rings (SSSR count). The van der Waals surface area contributed by atoms with Crippen molar-refractivity contribution in [3.8, 4) is 0 Å². The summed E-state index contributed by atoms with van der Waals surface area (Å²) < 4.78 is 0. The van der Waals surface area contributed by atoms with Crippen molar-refractivity contribution < 1.29 is 19.2 Å². The molecule has 1 heterocycles. The maximum absolute atomic E-state index is 13.2. The maximum atomic E-state index is 13.2. The van der Waals surface area contributed by atoms with Crippen LogP contribution < -0.4 is 5.32 Å². The summed E-state index contributed by atoms with van der Waals surface area (Å²) in [6.45, 7) is 4.42. The first-order chi connectivity index (χ1) is 16.2. The quantitative estimate of drug-likeness (QED) is 0.489. The van der Waals surface area contributed by atoms with Gasteiger partial charge in [0.2, 0.25) is 11.8 Å². The molecule has 4 amide bonds. The highest BCUT2D eigenvalue weighted by Crippen LogP contribution is 2.25. The average Bonchev–Trinajstić information content (AvgIpc) is 3.07. The van der Waals surface area contributed by atoms with Gasteiger partial charge in [0.15, 0.2) is 0 Å². The molecule has 0 fully saturated rings. The normalized spacial score (nSPS) is 13.6. The third kappa shape index (κ3) is 5.77. The predicted molar refractivity (Wildman–Crippen MR) is 131 cm³/mol. The molecule has 9 heteroatoms. The molecule has 0 saturated carbocycles. The zero-order valence-corrected chi connectivity index (χ0v) is 20.7. The summed E-state index contributed by atoms with van der Waals surface area (Å²) >= 11 is 12.1. The number of hydrogen-bond acceptors (Lipinski definition) is 4. The summed E-state index contributed by atoms with van der Waals surface area (Å²) in [6, 6.07) is 11.0. The van der Waals surface area contributed by atoms with Gasteiger partial charge < -0.3 is 10.2 Å². The molecule has 1 atom stereocenters. The summed E-state index contributed by atoms with van der Waals surface area (Å²) in [5, 5.41) is 3.58. The fourth-order valence-corrected chi connectivity index (χ4v) is 4.11. The molecule has 0 bridgehead atoms. The Bertz CT molecular complexity index is 1070. The number of hydrogen-bond donors (Lipinski definition) is 1. The van der Waals surface area contributed by atoms with Crippen molar-refractivity contribution in [2.24, 2.45) is 0 Å². The molecule has 2 aromatic carbocycles. The standard InChI is InChI=1S/C25H27Cl2N3O4/c1-3-12-28-23(32)16(2)30(15-17-10-11-20(26)21(27)14-17)22(31)9-6-13-29-24(33)18-7-4-5-8-19(18)25(29)34/h4-5,7-8,10-11,14,16H,3,6,9,12-13,15H2,1-2H3,(H,28,32). The van der Waals surface area contributed by atoms with E-state index < -0.39 is 6.04 Å². The molecule has 34 heavy (non-hydrogen) atoms. The molecule has 0 saturated heterocycles. The fourth-order valence-electron chi connectivity index (χ4n) is 3.79. The van der Waals surface area contributed by atoms with E-state index in [1.54, 1.807) is 49.4 Å². The van der Waals surface area contributed by atoms with Crippen LogP contribution >= 0.6 is 23.2 Å². The smallest absolute Gasteiger partial charge is 0.261 e. The van der Waals surface area contributed by atoms with Crippen LogP contribution in [0.1, 0.15) is 59.4 Å². The minimum Gasteiger partial charge on any atom is -0.354 e. The summed E-state index contributed by atoms with van der Waals surface area (Å²) in [5.74, 6) is -1.22. The van der Waals surface area contributed by atoms with Gasteiger partial charge in [-0.3, -0.25) is 24.1 Å². The molecule has 0 radical (unpaired) electrons. The summed E-state index contributed by atoms with van der Waals surface area (Å²) in [4.78, 5) is 53.5. The van der Waals surface area contributed by atoms with E-state index in [0.717, 1.165) is 12.0 Å². The van der Waals surface area contributed by atoms with Crippen molar-refractivity contribution in [1.29, 1.82) is 0 Å². The lowest BCUT2D eigenvalue weighted by atomic mass is 10.1. The number of imide groups is 1. The van der Waals surface area contributed by atoms with Gasteiger partial charge in [0, 0.05) is 26.1 Å². The minimum atomic E-state index is -0.715. The van der Waals surface area contributed by atoms with E-state index >= 15 is 0 Å². The zero-order valence-electron chi connectivity index (χ0n) is 19.1. The van der Waals surface area contributed by atoms with E-state index in [1.807, 2.05) is 6.92 Å². The van der Waals surface area contributed by atoms with Gasteiger partial charge in [-0.15, -0.1) is 0 Å². The van der Waals surface area contributed by atoms with Crippen LogP contribution in [0.5, 0.6) is 0 Å². The van der Waals surface area contributed by atoms with E-state index in [4.69, 9.17) is 23.2 Å². The molecule has 1 aliphatic heterocycles. The molecule has 1 N–H and O–H groups in total. The molecule has 0 aliphatic carbocycles. The third-order valence-electron chi connectivity index (χ3n) is 5.70. The van der Waals surface area contributed by atoms with Crippen LogP contribution in [0.3, 0.4) is 0 Å². The second kappa shape index (κ2) is 11.5. The Balaban J connectivity index is 1.68. The number of nitrogens with one attached hydrogen (secondary N) is 1. The Hall–Kier alpha value is -2.90. The third-order valence-corrected chi connectivity index (χ3v) is 6.44. The van der Waals surface area contributed by atoms with Crippen molar-refractivity contribution in [3.05, 3.63) is 69.2 Å². The van der Waals surface area contributed by atoms with Crippen LogP contribution in [0.25, 0.3) is 0 Å². The Morgan fingerprint density at radius 2 is 1.68 bits per heavy atom. The molecule has 7 nitrogen and oxygen atoms in total. The molecule has 1 unspecified atom stereocenters. The van der Waals surface area contributed by atoms with Crippen LogP contribution in [-0.2, 0) is 16.1 Å². The highest BCUT2D eigenvalue weighted by molar-refractivity contribution is 6.42. The van der Waals surface area contributed by atoms with Crippen LogP contribution in [0, 0.1) is 0 Å². The lowest BCUT2D eigenvalue weighted by molar-refractivity contribution is -0.140. The monoisotopic (exact) mass is 503 g/mol. The van der Waals surface area contributed by atoms with Gasteiger partial charge in [-0.25, -0.2) is 0 Å². The van der Waals surface area contributed by atoms with Gasteiger partial charge in [-0.2, -0.15) is 0 Å². The summed E-state index contributed by atoms with van der Waals surface area (Å²) in [6.07, 6.45) is 1.13. The van der Waals surface area contributed by atoms with E-state index in [-0.39, 0.29) is 49.6 Å². The molecule has 2 aromatic rings. The topological polar surface area (TPSA) is 86.8 Å². The lowest BCUT2D eigenvalue weighted by Crippen LogP contribution is -2.47. The average molecular weight is 504 g/mol. The highest BCUT2D eigenvalue weighted by atomic mass is 35.5. The second-order valence-corrected chi connectivity index (χ2v) is 8.96. The van der Waals surface area contributed by atoms with Crippen LogP contribution in [0.4, 0.5) is 0 Å². The lowest BCUT2D eigenvalue weighted by Gasteiger charge is -2.29. The van der Waals surface area contributed by atoms with Gasteiger partial charge in [-0.1, -0.05) is 48.3 Å². The Morgan fingerprint density at radius 1 is 1.03 bits per heavy atom. The van der Waals surface area contributed by atoms with Crippen LogP contribution in [0.2, 0.25) is 10.0 Å². The van der Waals surface area contributed by atoms with Gasteiger partial charge in [0.05, 0.1) is 21.2 Å². The Morgan fingerprint density at radius 3 is 2.26 bits per heavy atom. The van der Waals surface area contributed by atoms with E-state index in [1.165, 1.54) is 9.80 Å². The number of carbonyl (C=O) groups is 4. The molecule has 180 valence electrons. The van der Waals surface area contributed by atoms with Gasteiger partial charge in [-0.05, 0) is 49.6 Å². The molecule has 0 aromatic heterocycles. The molecular weight excluding hydrogens is 477 g/mol. The van der Waals surface area contributed by atoms with Gasteiger partial charge >= 0.3 is 0 Å². The number of fused-ring (bicyclic) bond motifs is 1. The van der Waals surface area contributed by atoms with E-state index in [2.05, 4.69) is 5.32 Å². The number of rotatable bonds is 10. The van der Waals surface area contributed by atoms with Crippen molar-refractivity contribution in [2.45, 2.75) is 45.7 Å². The first kappa shape index (κ1) is 25.7. The summed E-state index contributed by atoms with van der Waals surface area (Å²) in [5.41, 5.74) is 1.49. The first-order valence-corrected chi connectivity index (χ1v) is 12.0. The van der Waals surface area contributed by atoms with Crippen molar-refractivity contribution in [2.75, 3.05) is 13.1 Å². The Labute approximate surface area is 209 Å². The minimum absolute atomic E-state index is 0.0696. The Kier molecular flexibility index (Phi) is 8.69. The van der Waals surface area contributed by atoms with E-state index in [9.17, 15) is 19.2 Å². The number of benzene rings is 2. The predicted octanol–water partition coefficient (Wildman–Crippen LogP) is 4.31. The van der Waals surface area contributed by atoms with Crippen molar-refractivity contribution in [3.63, 3.8) is 0 Å². The number of halogens is 2. The SMILES string of the molecule is CCCNC(=O)C(C)N(Cc1ccc(Cl)c(Cl)c1)C(=O)CCCN1C(=O)c2ccccc2C1=O. The molecule has 1 aliphatic rings. The van der Waals surface area contributed by atoms with Crippen molar-refractivity contribution >= 4 is 46.8 Å². The van der Waals surface area contributed by atoms with Crippen molar-refractivity contribution in [1.82, 2.24) is 15.1 Å². The first-order valence-electron chi connectivity index (χ1n) is 11.2. The number of carbonyl (C=O) groups excluding carboxylic acids is 4. The molecule has 0 spiro atoms. The molecular formula is C25H27Cl2N3O4.